The second kappa shape index (κ2) is 6.13. The average molecular weight is 350 g/mol. The van der Waals surface area contributed by atoms with E-state index < -0.39 is 0 Å². The lowest BCUT2D eigenvalue weighted by Gasteiger charge is -2.33. The van der Waals surface area contributed by atoms with E-state index in [9.17, 15) is 0 Å². The van der Waals surface area contributed by atoms with Gasteiger partial charge in [-0.25, -0.2) is 9.71 Å². The molecule has 5 rings (SSSR count). The molecule has 2 aromatic carbocycles. The molecule has 3 aromatic rings. The first-order chi connectivity index (χ1) is 12.4. The van der Waals surface area contributed by atoms with E-state index >= 15 is 0 Å². The van der Waals surface area contributed by atoms with Crippen LogP contribution in [0.3, 0.4) is 0 Å². The van der Waals surface area contributed by atoms with Crippen LogP contribution in [0.4, 0.5) is 5.69 Å². The van der Waals surface area contributed by atoms with Gasteiger partial charge in [0.2, 0.25) is 0 Å². The van der Waals surface area contributed by atoms with Crippen molar-refractivity contribution >= 4 is 17.6 Å². The molecule has 1 saturated heterocycles. The number of nitrogens with zero attached hydrogens (tertiary/aromatic N) is 3. The zero-order valence-corrected chi connectivity index (χ0v) is 14.4. The Hall–Kier alpha value is -2.44. The number of fused-ring (bicyclic) bond motifs is 3. The SMILES string of the molecule is c1cc(Oc2ccc3c(c2)SNC2CCCN32)cc(-n2ccnc2)c1. The molecule has 2 aliphatic heterocycles. The summed E-state index contributed by atoms with van der Waals surface area (Å²) in [5, 5.41) is 0. The number of hydrogen-bond acceptors (Lipinski definition) is 5. The Morgan fingerprint density at radius 3 is 3.04 bits per heavy atom. The molecule has 1 fully saturated rings. The zero-order chi connectivity index (χ0) is 16.6. The van der Waals surface area contributed by atoms with Gasteiger partial charge in [0.25, 0.3) is 0 Å². The molecule has 1 unspecified atom stereocenters. The van der Waals surface area contributed by atoms with Crippen molar-refractivity contribution in [1.29, 1.82) is 0 Å². The smallest absolute Gasteiger partial charge is 0.129 e. The van der Waals surface area contributed by atoms with Gasteiger partial charge >= 0.3 is 0 Å². The third kappa shape index (κ3) is 2.77. The van der Waals surface area contributed by atoms with Crippen molar-refractivity contribution in [2.45, 2.75) is 23.9 Å². The van der Waals surface area contributed by atoms with E-state index in [-0.39, 0.29) is 0 Å². The minimum absolute atomic E-state index is 0.469. The Morgan fingerprint density at radius 2 is 2.12 bits per heavy atom. The largest absolute Gasteiger partial charge is 0.457 e. The Bertz CT molecular complexity index is 896. The maximum Gasteiger partial charge on any atom is 0.129 e. The summed E-state index contributed by atoms with van der Waals surface area (Å²) in [7, 11) is 0. The van der Waals surface area contributed by atoms with E-state index in [2.05, 4.69) is 32.8 Å². The molecule has 0 aliphatic carbocycles. The monoisotopic (exact) mass is 350 g/mol. The normalized spacial score (nSPS) is 18.7. The van der Waals surface area contributed by atoms with Crippen molar-refractivity contribution in [1.82, 2.24) is 14.3 Å². The van der Waals surface area contributed by atoms with Crippen LogP contribution in [0.5, 0.6) is 11.5 Å². The molecular weight excluding hydrogens is 332 g/mol. The first kappa shape index (κ1) is 14.9. The molecule has 6 heteroatoms. The quantitative estimate of drug-likeness (QED) is 0.717. The van der Waals surface area contributed by atoms with Crippen LogP contribution in [0, 0.1) is 0 Å². The van der Waals surface area contributed by atoms with Crippen molar-refractivity contribution in [2.24, 2.45) is 0 Å². The third-order valence-electron chi connectivity index (χ3n) is 4.65. The Balaban J connectivity index is 1.41. The molecule has 0 amide bonds. The van der Waals surface area contributed by atoms with E-state index in [4.69, 9.17) is 4.74 Å². The van der Waals surface area contributed by atoms with Gasteiger partial charge in [0.05, 0.1) is 23.9 Å². The molecule has 2 aliphatic rings. The number of imidazole rings is 1. The fourth-order valence-electron chi connectivity index (χ4n) is 3.44. The Morgan fingerprint density at radius 1 is 1.16 bits per heavy atom. The number of anilines is 1. The average Bonchev–Trinajstić information content (AvgIpc) is 3.33. The van der Waals surface area contributed by atoms with Gasteiger partial charge in [-0.05, 0) is 55.1 Å². The minimum atomic E-state index is 0.469. The Labute approximate surface area is 150 Å². The van der Waals surface area contributed by atoms with Gasteiger partial charge in [-0.3, -0.25) is 0 Å². The highest BCUT2D eigenvalue weighted by molar-refractivity contribution is 7.97. The molecule has 1 N–H and O–H groups in total. The molecule has 5 nitrogen and oxygen atoms in total. The maximum absolute atomic E-state index is 6.10. The second-order valence-electron chi connectivity index (χ2n) is 6.27. The molecule has 126 valence electrons. The maximum atomic E-state index is 6.10. The number of hydrogen-bond donors (Lipinski definition) is 1. The van der Waals surface area contributed by atoms with Crippen LogP contribution in [0.15, 0.2) is 66.1 Å². The lowest BCUT2D eigenvalue weighted by molar-refractivity contribution is 0.480. The number of benzene rings is 2. The van der Waals surface area contributed by atoms with E-state index in [1.807, 2.05) is 35.0 Å². The summed E-state index contributed by atoms with van der Waals surface area (Å²) < 4.78 is 11.6. The topological polar surface area (TPSA) is 42.3 Å². The highest BCUT2D eigenvalue weighted by atomic mass is 32.2. The summed E-state index contributed by atoms with van der Waals surface area (Å²) >= 11 is 1.71. The van der Waals surface area contributed by atoms with Gasteiger partial charge in [-0.2, -0.15) is 0 Å². The summed E-state index contributed by atoms with van der Waals surface area (Å²) in [6.45, 7) is 1.12. The molecule has 1 atom stereocenters. The van der Waals surface area contributed by atoms with Gasteiger partial charge in [-0.1, -0.05) is 6.07 Å². The van der Waals surface area contributed by atoms with E-state index in [0.29, 0.717) is 6.17 Å². The predicted octanol–water partition coefficient (Wildman–Crippen LogP) is 4.20. The number of nitrogens with one attached hydrogen (secondary N) is 1. The predicted molar refractivity (Wildman–Crippen MR) is 99.4 cm³/mol. The minimum Gasteiger partial charge on any atom is -0.457 e. The van der Waals surface area contributed by atoms with Crippen LogP contribution >= 0.6 is 11.9 Å². The number of rotatable bonds is 3. The van der Waals surface area contributed by atoms with Crippen molar-refractivity contribution in [3.05, 3.63) is 61.2 Å². The summed E-state index contributed by atoms with van der Waals surface area (Å²) in [5.74, 6) is 1.67. The molecule has 0 bridgehead atoms. The standard InChI is InChI=1S/C19H18N4OS/c1-3-14(22-10-8-20-13-22)11-15(4-1)24-16-6-7-17-18(12-16)25-21-19-5-2-9-23(17)19/h1,3-4,6-8,10-13,19,21H,2,5,9H2. The van der Waals surface area contributed by atoms with Crippen LogP contribution in [0.25, 0.3) is 5.69 Å². The lowest BCUT2D eigenvalue weighted by Crippen LogP contribution is -2.41. The Kier molecular flexibility index (Phi) is 3.64. The summed E-state index contributed by atoms with van der Waals surface area (Å²) in [5.41, 5.74) is 2.34. The lowest BCUT2D eigenvalue weighted by atomic mass is 10.2. The van der Waals surface area contributed by atoms with Crippen LogP contribution < -0.4 is 14.4 Å². The van der Waals surface area contributed by atoms with E-state index in [1.54, 1.807) is 24.5 Å². The number of ether oxygens (including phenoxy) is 1. The molecular formula is C19H18N4OS. The third-order valence-corrected chi connectivity index (χ3v) is 5.59. The van der Waals surface area contributed by atoms with E-state index in [1.165, 1.54) is 23.4 Å². The molecule has 0 saturated carbocycles. The van der Waals surface area contributed by atoms with Gasteiger partial charge in [0, 0.05) is 29.9 Å². The highest BCUT2D eigenvalue weighted by Gasteiger charge is 2.30. The van der Waals surface area contributed by atoms with Gasteiger partial charge in [0.1, 0.15) is 11.5 Å². The molecule has 0 radical (unpaired) electrons. The molecule has 3 heterocycles. The van der Waals surface area contributed by atoms with Gasteiger partial charge < -0.3 is 14.2 Å². The van der Waals surface area contributed by atoms with Crippen molar-refractivity contribution < 1.29 is 4.74 Å². The zero-order valence-electron chi connectivity index (χ0n) is 13.6. The van der Waals surface area contributed by atoms with Crippen LogP contribution in [0.2, 0.25) is 0 Å². The molecule has 0 spiro atoms. The fourth-order valence-corrected chi connectivity index (χ4v) is 4.41. The van der Waals surface area contributed by atoms with Crippen molar-refractivity contribution in [3.63, 3.8) is 0 Å². The highest BCUT2D eigenvalue weighted by Crippen LogP contribution is 2.40. The first-order valence-corrected chi connectivity index (χ1v) is 9.28. The second-order valence-corrected chi connectivity index (χ2v) is 7.15. The summed E-state index contributed by atoms with van der Waals surface area (Å²) in [6, 6.07) is 14.4. The summed E-state index contributed by atoms with van der Waals surface area (Å²) in [6.07, 6.45) is 8.41. The first-order valence-electron chi connectivity index (χ1n) is 8.46. The van der Waals surface area contributed by atoms with Crippen LogP contribution in [0.1, 0.15) is 12.8 Å². The summed E-state index contributed by atoms with van der Waals surface area (Å²) in [4.78, 5) is 7.77. The van der Waals surface area contributed by atoms with E-state index in [0.717, 1.165) is 23.7 Å². The fraction of sp³-hybridized carbons (Fsp3) is 0.211. The van der Waals surface area contributed by atoms with Gasteiger partial charge in [-0.15, -0.1) is 0 Å². The van der Waals surface area contributed by atoms with Gasteiger partial charge in [0.15, 0.2) is 0 Å². The molecule has 1 aromatic heterocycles. The van der Waals surface area contributed by atoms with Crippen molar-refractivity contribution in [3.8, 4) is 17.2 Å². The van der Waals surface area contributed by atoms with Crippen LogP contribution in [-0.2, 0) is 0 Å². The number of aromatic nitrogens is 2. The van der Waals surface area contributed by atoms with Crippen LogP contribution in [-0.4, -0.2) is 22.3 Å². The van der Waals surface area contributed by atoms with Crippen molar-refractivity contribution in [2.75, 3.05) is 11.4 Å². The molecule has 25 heavy (non-hydrogen) atoms.